The van der Waals surface area contributed by atoms with E-state index in [1.165, 1.54) is 18.3 Å². The molecule has 0 radical (unpaired) electrons. The molecule has 1 aliphatic rings. The van der Waals surface area contributed by atoms with Gasteiger partial charge in [-0.15, -0.1) is 0 Å². The summed E-state index contributed by atoms with van der Waals surface area (Å²) >= 11 is 0. The Morgan fingerprint density at radius 1 is 1.15 bits per heavy atom. The molecule has 1 aliphatic carbocycles. The molecule has 1 fully saturated rings. The summed E-state index contributed by atoms with van der Waals surface area (Å²) in [6, 6.07) is 9.40. The smallest absolute Gasteiger partial charge is 0.253 e. The molecule has 2 aromatic rings. The van der Waals surface area contributed by atoms with E-state index in [0.29, 0.717) is 23.2 Å². The Labute approximate surface area is 156 Å². The van der Waals surface area contributed by atoms with Gasteiger partial charge in [-0.3, -0.25) is 14.6 Å². The maximum atomic E-state index is 13.3. The number of carbonyl (C=O) groups is 2. The summed E-state index contributed by atoms with van der Waals surface area (Å²) in [5, 5.41) is 14.6. The van der Waals surface area contributed by atoms with Gasteiger partial charge in [0.15, 0.2) is 0 Å². The van der Waals surface area contributed by atoms with Crippen LogP contribution in [0.25, 0.3) is 11.3 Å². The third-order valence-corrected chi connectivity index (χ3v) is 4.66. The van der Waals surface area contributed by atoms with Gasteiger partial charge in [-0.1, -0.05) is 12.1 Å². The zero-order valence-electron chi connectivity index (χ0n) is 14.8. The molecule has 1 aromatic carbocycles. The Bertz CT molecular complexity index is 810. The Kier molecular flexibility index (Phi) is 6.13. The molecule has 0 saturated heterocycles. The Hall–Kier alpha value is -2.80. The second-order valence-electron chi connectivity index (χ2n) is 6.70. The van der Waals surface area contributed by atoms with E-state index in [0.717, 1.165) is 19.3 Å². The molecular formula is C20H22FN3O3. The zero-order valence-corrected chi connectivity index (χ0v) is 14.8. The van der Waals surface area contributed by atoms with E-state index >= 15 is 0 Å². The number of aliphatic hydroxyl groups excluding tert-OH is 1. The van der Waals surface area contributed by atoms with Crippen molar-refractivity contribution in [2.75, 3.05) is 6.61 Å². The highest BCUT2D eigenvalue weighted by molar-refractivity contribution is 5.94. The Morgan fingerprint density at radius 2 is 1.93 bits per heavy atom. The average Bonchev–Trinajstić information content (AvgIpc) is 2.68. The number of benzene rings is 1. The van der Waals surface area contributed by atoms with Gasteiger partial charge in [-0.2, -0.15) is 0 Å². The largest absolute Gasteiger partial charge is 0.387 e. The van der Waals surface area contributed by atoms with Gasteiger partial charge >= 0.3 is 0 Å². The van der Waals surface area contributed by atoms with Crippen molar-refractivity contribution in [3.8, 4) is 11.3 Å². The predicted molar refractivity (Wildman–Crippen MR) is 98.4 cm³/mol. The van der Waals surface area contributed by atoms with Crippen molar-refractivity contribution >= 4 is 11.8 Å². The molecule has 27 heavy (non-hydrogen) atoms. The first-order valence-electron chi connectivity index (χ1n) is 8.98. The van der Waals surface area contributed by atoms with Crippen LogP contribution in [0, 0.1) is 5.82 Å². The lowest BCUT2D eigenvalue weighted by Gasteiger charge is -2.30. The van der Waals surface area contributed by atoms with Gasteiger partial charge in [-0.05, 0) is 49.9 Å². The number of hydrogen-bond donors (Lipinski definition) is 3. The van der Waals surface area contributed by atoms with Crippen molar-refractivity contribution in [1.29, 1.82) is 0 Å². The molecular weight excluding hydrogens is 349 g/mol. The second-order valence-corrected chi connectivity index (χ2v) is 6.70. The molecule has 0 spiro atoms. The van der Waals surface area contributed by atoms with E-state index in [4.69, 9.17) is 5.11 Å². The highest BCUT2D eigenvalue weighted by Crippen LogP contribution is 2.20. The summed E-state index contributed by atoms with van der Waals surface area (Å²) in [7, 11) is 0. The molecule has 2 amide bonds. The minimum Gasteiger partial charge on any atom is -0.387 e. The molecule has 1 saturated carbocycles. The van der Waals surface area contributed by atoms with Gasteiger partial charge in [0.05, 0.1) is 11.3 Å². The number of aliphatic hydroxyl groups is 1. The van der Waals surface area contributed by atoms with Gasteiger partial charge in [0.2, 0.25) is 5.91 Å². The van der Waals surface area contributed by atoms with Gasteiger partial charge in [0.25, 0.3) is 5.91 Å². The lowest BCUT2D eigenvalue weighted by atomic mass is 9.90. The normalized spacial score (nSPS) is 19.3. The van der Waals surface area contributed by atoms with E-state index in [-0.39, 0.29) is 23.8 Å². The van der Waals surface area contributed by atoms with Crippen molar-refractivity contribution < 1.29 is 19.1 Å². The van der Waals surface area contributed by atoms with Crippen LogP contribution in [0.15, 0.2) is 42.6 Å². The maximum absolute atomic E-state index is 13.3. The van der Waals surface area contributed by atoms with E-state index in [1.807, 2.05) is 0 Å². The third kappa shape index (κ3) is 5.10. The number of aromatic nitrogens is 1. The highest BCUT2D eigenvalue weighted by atomic mass is 19.1. The quantitative estimate of drug-likeness (QED) is 0.750. The summed E-state index contributed by atoms with van der Waals surface area (Å²) in [5.74, 6) is -0.965. The fourth-order valence-corrected chi connectivity index (χ4v) is 3.34. The van der Waals surface area contributed by atoms with Gasteiger partial charge in [-0.25, -0.2) is 4.39 Å². The molecule has 3 rings (SSSR count). The van der Waals surface area contributed by atoms with E-state index in [9.17, 15) is 14.0 Å². The predicted octanol–water partition coefficient (Wildman–Crippen LogP) is 2.04. The number of amides is 2. The zero-order chi connectivity index (χ0) is 19.2. The summed E-state index contributed by atoms with van der Waals surface area (Å²) in [6.45, 7) is -0.531. The number of nitrogens with one attached hydrogen (secondary N) is 2. The number of halogens is 1. The monoisotopic (exact) mass is 371 g/mol. The van der Waals surface area contributed by atoms with Crippen LogP contribution in [0.2, 0.25) is 0 Å². The molecule has 142 valence electrons. The van der Waals surface area contributed by atoms with Gasteiger partial charge in [0, 0.05) is 23.8 Å². The number of rotatable bonds is 5. The standard InChI is InChI=1S/C20H22FN3O3/c21-15-4-1-3-13(9-15)18-8-7-14(11-22-18)20(27)24-17-6-2-5-16(10-17)23-19(26)12-25/h1,3-4,7-9,11,16-17,25H,2,5-6,10,12H2,(H,23,26)(H,24,27)/t16-,17+/m1/s1. The topological polar surface area (TPSA) is 91.3 Å². The Balaban J connectivity index is 1.60. The lowest BCUT2D eigenvalue weighted by Crippen LogP contribution is -2.46. The van der Waals surface area contributed by atoms with Gasteiger partial charge < -0.3 is 15.7 Å². The third-order valence-electron chi connectivity index (χ3n) is 4.66. The molecule has 0 bridgehead atoms. The second kappa shape index (κ2) is 8.73. The minimum absolute atomic E-state index is 0.0434. The minimum atomic E-state index is -0.531. The lowest BCUT2D eigenvalue weighted by molar-refractivity contribution is -0.124. The van der Waals surface area contributed by atoms with E-state index in [2.05, 4.69) is 15.6 Å². The van der Waals surface area contributed by atoms with Crippen LogP contribution in [0.3, 0.4) is 0 Å². The molecule has 2 atom stereocenters. The van der Waals surface area contributed by atoms with Crippen molar-refractivity contribution in [3.05, 3.63) is 54.0 Å². The van der Waals surface area contributed by atoms with Crippen molar-refractivity contribution in [2.45, 2.75) is 37.8 Å². The number of pyridine rings is 1. The van der Waals surface area contributed by atoms with Crippen molar-refractivity contribution in [2.24, 2.45) is 0 Å². The van der Waals surface area contributed by atoms with Crippen LogP contribution in [0.5, 0.6) is 0 Å². The number of nitrogens with zero attached hydrogens (tertiary/aromatic N) is 1. The molecule has 6 nitrogen and oxygen atoms in total. The molecule has 7 heteroatoms. The summed E-state index contributed by atoms with van der Waals surface area (Å²) in [6.07, 6.45) is 4.67. The van der Waals surface area contributed by atoms with Crippen LogP contribution in [-0.2, 0) is 4.79 Å². The SMILES string of the molecule is O=C(CO)N[C@@H]1CCC[C@H](NC(=O)c2ccc(-c3cccc(F)c3)nc2)C1. The number of hydrogen-bond acceptors (Lipinski definition) is 4. The summed E-state index contributed by atoms with van der Waals surface area (Å²) in [5.41, 5.74) is 1.67. The van der Waals surface area contributed by atoms with Gasteiger partial charge in [0.1, 0.15) is 12.4 Å². The highest BCUT2D eigenvalue weighted by Gasteiger charge is 2.24. The first-order chi connectivity index (χ1) is 13.0. The summed E-state index contributed by atoms with van der Waals surface area (Å²) < 4.78 is 13.3. The van der Waals surface area contributed by atoms with Crippen LogP contribution >= 0.6 is 0 Å². The van der Waals surface area contributed by atoms with E-state index < -0.39 is 12.5 Å². The first-order valence-corrected chi connectivity index (χ1v) is 8.98. The first kappa shape index (κ1) is 19.0. The summed E-state index contributed by atoms with van der Waals surface area (Å²) in [4.78, 5) is 28.0. The van der Waals surface area contributed by atoms with Crippen LogP contribution in [-0.4, -0.2) is 40.6 Å². The molecule has 1 aromatic heterocycles. The average molecular weight is 371 g/mol. The van der Waals surface area contributed by atoms with Crippen LogP contribution in [0.1, 0.15) is 36.0 Å². The fraction of sp³-hybridized carbons (Fsp3) is 0.350. The molecule has 0 aliphatic heterocycles. The maximum Gasteiger partial charge on any atom is 0.253 e. The van der Waals surface area contributed by atoms with Crippen LogP contribution in [0.4, 0.5) is 4.39 Å². The van der Waals surface area contributed by atoms with Crippen molar-refractivity contribution in [1.82, 2.24) is 15.6 Å². The number of carbonyl (C=O) groups excluding carboxylic acids is 2. The van der Waals surface area contributed by atoms with Crippen LogP contribution < -0.4 is 10.6 Å². The Morgan fingerprint density at radius 3 is 2.59 bits per heavy atom. The molecule has 3 N–H and O–H groups in total. The van der Waals surface area contributed by atoms with Crippen molar-refractivity contribution in [3.63, 3.8) is 0 Å². The van der Waals surface area contributed by atoms with E-state index in [1.54, 1.807) is 24.3 Å². The fourth-order valence-electron chi connectivity index (χ4n) is 3.34. The molecule has 1 heterocycles. The molecule has 0 unspecified atom stereocenters.